The Bertz CT molecular complexity index is 328. The van der Waals surface area contributed by atoms with Crippen LogP contribution in [-0.2, 0) is 15.0 Å². The van der Waals surface area contributed by atoms with Gasteiger partial charge in [0, 0.05) is 13.6 Å². The van der Waals surface area contributed by atoms with Crippen LogP contribution >= 0.6 is 0 Å². The van der Waals surface area contributed by atoms with Gasteiger partial charge in [-0.05, 0) is 18.8 Å². The zero-order chi connectivity index (χ0) is 11.5. The lowest BCUT2D eigenvalue weighted by molar-refractivity contribution is -0.142. The average molecular weight is 236 g/mol. The van der Waals surface area contributed by atoms with Crippen LogP contribution in [0.2, 0.25) is 0 Å². The molecule has 0 heterocycles. The second-order valence-corrected chi connectivity index (χ2v) is 5.40. The summed E-state index contributed by atoms with van der Waals surface area (Å²) in [5.74, 6) is -1.34. The van der Waals surface area contributed by atoms with E-state index in [0.717, 1.165) is 12.8 Å². The first-order valence-corrected chi connectivity index (χ1v) is 6.35. The lowest BCUT2D eigenvalue weighted by Crippen LogP contribution is -2.38. The summed E-state index contributed by atoms with van der Waals surface area (Å²) in [5, 5.41) is 8.88. The van der Waals surface area contributed by atoms with Gasteiger partial charge in [-0.3, -0.25) is 4.79 Å². The normalized spacial score (nSPS) is 26.7. The van der Waals surface area contributed by atoms with Crippen molar-refractivity contribution in [1.82, 2.24) is 9.44 Å². The summed E-state index contributed by atoms with van der Waals surface area (Å²) >= 11 is 0. The molecule has 0 aromatic rings. The summed E-state index contributed by atoms with van der Waals surface area (Å²) in [6.07, 6.45) is 2.26. The summed E-state index contributed by atoms with van der Waals surface area (Å²) < 4.78 is 26.6. The maximum absolute atomic E-state index is 11.1. The maximum atomic E-state index is 11.1. The molecule has 0 aliphatic heterocycles. The van der Waals surface area contributed by atoms with E-state index in [2.05, 4.69) is 9.44 Å². The Morgan fingerprint density at radius 1 is 1.47 bits per heavy atom. The molecule has 1 aliphatic rings. The van der Waals surface area contributed by atoms with Crippen molar-refractivity contribution in [3.63, 3.8) is 0 Å². The molecule has 0 amide bonds. The average Bonchev–Trinajstić information content (AvgIpc) is 2.63. The molecule has 0 aromatic heterocycles. The fourth-order valence-electron chi connectivity index (χ4n) is 1.90. The van der Waals surface area contributed by atoms with E-state index in [1.807, 2.05) is 0 Å². The molecule has 88 valence electrons. The number of carboxylic acid groups (broad SMARTS) is 1. The van der Waals surface area contributed by atoms with Crippen LogP contribution in [0.1, 0.15) is 19.3 Å². The highest BCUT2D eigenvalue weighted by molar-refractivity contribution is 7.87. The lowest BCUT2D eigenvalue weighted by Gasteiger charge is -2.15. The number of nitrogens with one attached hydrogen (secondary N) is 2. The number of hydrogen-bond acceptors (Lipinski definition) is 3. The minimum Gasteiger partial charge on any atom is -0.481 e. The van der Waals surface area contributed by atoms with Crippen LogP contribution in [0.25, 0.3) is 0 Å². The first kappa shape index (κ1) is 12.4. The predicted octanol–water partition coefficient (Wildman–Crippen LogP) is -0.459. The molecule has 1 saturated carbocycles. The maximum Gasteiger partial charge on any atom is 0.306 e. The molecule has 0 aromatic carbocycles. The van der Waals surface area contributed by atoms with E-state index in [9.17, 15) is 13.2 Å². The first-order chi connectivity index (χ1) is 6.96. The van der Waals surface area contributed by atoms with E-state index in [-0.39, 0.29) is 12.5 Å². The lowest BCUT2D eigenvalue weighted by atomic mass is 9.97. The largest absolute Gasteiger partial charge is 0.481 e. The summed E-state index contributed by atoms with van der Waals surface area (Å²) in [4.78, 5) is 10.8. The van der Waals surface area contributed by atoms with Crippen molar-refractivity contribution in [2.75, 3.05) is 13.6 Å². The van der Waals surface area contributed by atoms with Gasteiger partial charge in [0.15, 0.2) is 0 Å². The van der Waals surface area contributed by atoms with Crippen LogP contribution in [0.15, 0.2) is 0 Å². The van der Waals surface area contributed by atoms with Gasteiger partial charge in [-0.25, -0.2) is 9.44 Å². The van der Waals surface area contributed by atoms with Gasteiger partial charge in [0.1, 0.15) is 0 Å². The van der Waals surface area contributed by atoms with Gasteiger partial charge >= 0.3 is 5.97 Å². The van der Waals surface area contributed by atoms with Crippen LogP contribution in [0, 0.1) is 11.8 Å². The molecular weight excluding hydrogens is 220 g/mol. The second kappa shape index (κ2) is 4.91. The van der Waals surface area contributed by atoms with Crippen molar-refractivity contribution >= 4 is 16.2 Å². The Hall–Kier alpha value is -0.660. The van der Waals surface area contributed by atoms with E-state index in [4.69, 9.17) is 5.11 Å². The molecule has 1 rings (SSSR count). The van der Waals surface area contributed by atoms with Crippen LogP contribution < -0.4 is 9.44 Å². The van der Waals surface area contributed by atoms with E-state index in [1.54, 1.807) is 0 Å². The monoisotopic (exact) mass is 236 g/mol. The minimum absolute atomic E-state index is 0.0920. The van der Waals surface area contributed by atoms with E-state index in [0.29, 0.717) is 6.42 Å². The molecule has 0 bridgehead atoms. The number of carboxylic acids is 1. The minimum atomic E-state index is -3.45. The topological polar surface area (TPSA) is 95.5 Å². The number of rotatable bonds is 5. The van der Waals surface area contributed by atoms with Crippen molar-refractivity contribution in [3.8, 4) is 0 Å². The molecule has 2 atom stereocenters. The smallest absolute Gasteiger partial charge is 0.306 e. The van der Waals surface area contributed by atoms with Crippen molar-refractivity contribution < 1.29 is 18.3 Å². The van der Waals surface area contributed by atoms with Gasteiger partial charge in [-0.2, -0.15) is 8.42 Å². The molecule has 6 nitrogen and oxygen atoms in total. The van der Waals surface area contributed by atoms with Crippen molar-refractivity contribution in [1.29, 1.82) is 0 Å². The van der Waals surface area contributed by atoms with Gasteiger partial charge in [0.05, 0.1) is 5.92 Å². The first-order valence-electron chi connectivity index (χ1n) is 4.87. The van der Waals surface area contributed by atoms with Crippen LogP contribution in [-0.4, -0.2) is 33.1 Å². The van der Waals surface area contributed by atoms with Gasteiger partial charge < -0.3 is 5.11 Å². The quantitative estimate of drug-likeness (QED) is 0.602. The molecule has 15 heavy (non-hydrogen) atoms. The molecule has 0 spiro atoms. The van der Waals surface area contributed by atoms with Gasteiger partial charge in [-0.1, -0.05) is 6.42 Å². The molecule has 0 radical (unpaired) electrons. The molecular formula is C8H16N2O4S. The number of carbonyl (C=O) groups is 1. The third-order valence-corrected chi connectivity index (χ3v) is 3.86. The molecule has 1 aliphatic carbocycles. The van der Waals surface area contributed by atoms with Crippen LogP contribution in [0.4, 0.5) is 0 Å². The van der Waals surface area contributed by atoms with E-state index in [1.165, 1.54) is 7.05 Å². The van der Waals surface area contributed by atoms with Crippen molar-refractivity contribution in [3.05, 3.63) is 0 Å². The molecule has 2 unspecified atom stereocenters. The summed E-state index contributed by atoms with van der Waals surface area (Å²) in [5.41, 5.74) is 0. The fraction of sp³-hybridized carbons (Fsp3) is 0.875. The molecule has 7 heteroatoms. The zero-order valence-electron chi connectivity index (χ0n) is 8.56. The SMILES string of the molecule is CNS(=O)(=O)NCC1CCCC1C(=O)O. The van der Waals surface area contributed by atoms with Crippen molar-refractivity contribution in [2.45, 2.75) is 19.3 Å². The van der Waals surface area contributed by atoms with Gasteiger partial charge in [-0.15, -0.1) is 0 Å². The number of aliphatic carboxylic acids is 1. The van der Waals surface area contributed by atoms with E-state index >= 15 is 0 Å². The predicted molar refractivity (Wildman–Crippen MR) is 54.4 cm³/mol. The third kappa shape index (κ3) is 3.44. The standard InChI is InChI=1S/C8H16N2O4S/c1-9-15(13,14)10-5-6-3-2-4-7(6)8(11)12/h6-7,9-10H,2-5H2,1H3,(H,11,12). The summed E-state index contributed by atoms with van der Waals surface area (Å²) in [6.45, 7) is 0.195. The Labute approximate surface area is 89.2 Å². The third-order valence-electron chi connectivity index (χ3n) is 2.78. The van der Waals surface area contributed by atoms with Crippen LogP contribution in [0.3, 0.4) is 0 Å². The van der Waals surface area contributed by atoms with Gasteiger partial charge in [0.25, 0.3) is 10.2 Å². The molecule has 3 N–H and O–H groups in total. The summed E-state index contributed by atoms with van der Waals surface area (Å²) in [7, 11) is -2.14. The van der Waals surface area contributed by atoms with Crippen LogP contribution in [0.5, 0.6) is 0 Å². The Morgan fingerprint density at radius 3 is 2.67 bits per heavy atom. The Kier molecular flexibility index (Phi) is 4.06. The number of hydrogen-bond donors (Lipinski definition) is 3. The Morgan fingerprint density at radius 2 is 2.13 bits per heavy atom. The zero-order valence-corrected chi connectivity index (χ0v) is 9.38. The highest BCUT2D eigenvalue weighted by atomic mass is 32.2. The van der Waals surface area contributed by atoms with Crippen molar-refractivity contribution in [2.24, 2.45) is 11.8 Å². The highest BCUT2D eigenvalue weighted by Crippen LogP contribution is 2.31. The summed E-state index contributed by atoms with van der Waals surface area (Å²) in [6, 6.07) is 0. The van der Waals surface area contributed by atoms with Gasteiger partial charge in [0.2, 0.25) is 0 Å². The van der Waals surface area contributed by atoms with E-state index < -0.39 is 22.1 Å². The second-order valence-electron chi connectivity index (χ2n) is 3.69. The molecule has 0 saturated heterocycles. The Balaban J connectivity index is 2.48. The fourth-order valence-corrected chi connectivity index (χ4v) is 2.47. The molecule has 1 fully saturated rings. The highest BCUT2D eigenvalue weighted by Gasteiger charge is 2.33.